The zero-order chi connectivity index (χ0) is 10.7. The highest BCUT2D eigenvalue weighted by Crippen LogP contribution is 2.16. The zero-order valence-corrected chi connectivity index (χ0v) is 8.92. The molecule has 0 amide bonds. The summed E-state index contributed by atoms with van der Waals surface area (Å²) >= 11 is 0. The first-order chi connectivity index (χ1) is 6.54. The Morgan fingerprint density at radius 3 is 2.21 bits per heavy atom. The Hall–Kier alpha value is -1.15. The lowest BCUT2D eigenvalue weighted by atomic mass is 9.97. The van der Waals surface area contributed by atoms with Crippen molar-refractivity contribution in [2.24, 2.45) is 5.73 Å². The highest BCUT2D eigenvalue weighted by molar-refractivity contribution is 5.59. The van der Waals surface area contributed by atoms with E-state index in [0.29, 0.717) is 6.42 Å². The molecule has 0 heterocycles. The smallest absolute Gasteiger partial charge is 0.217 e. The Bertz CT molecular complexity index is 321. The van der Waals surface area contributed by atoms with Crippen LogP contribution < -0.4 is 5.73 Å². The predicted molar refractivity (Wildman–Crippen MR) is 58.0 cm³/mol. The zero-order valence-electron chi connectivity index (χ0n) is 8.92. The van der Waals surface area contributed by atoms with Gasteiger partial charge in [0.05, 0.1) is 6.04 Å². The second-order valence-electron chi connectivity index (χ2n) is 3.78. The number of aryl methyl sites for hydroxylation is 2. The minimum absolute atomic E-state index is 0.503. The monoisotopic (exact) mass is 190 g/mol. The van der Waals surface area contributed by atoms with Crippen molar-refractivity contribution in [3.05, 3.63) is 34.4 Å². The summed E-state index contributed by atoms with van der Waals surface area (Å²) in [6.07, 6.45) is 2.37. The van der Waals surface area contributed by atoms with Crippen molar-refractivity contribution in [3.8, 4) is 0 Å². The van der Waals surface area contributed by atoms with Gasteiger partial charge in [-0.2, -0.15) is 0 Å². The molecule has 0 saturated heterocycles. The van der Waals surface area contributed by atoms with Crippen molar-refractivity contribution >= 4 is 6.29 Å². The van der Waals surface area contributed by atoms with Crippen LogP contribution in [0.25, 0.3) is 0 Å². The molecule has 1 radical (unpaired) electrons. The van der Waals surface area contributed by atoms with E-state index in [-0.39, 0.29) is 0 Å². The topological polar surface area (TPSA) is 43.1 Å². The molecule has 1 unspecified atom stereocenters. The number of benzene rings is 1. The second kappa shape index (κ2) is 4.38. The van der Waals surface area contributed by atoms with Crippen LogP contribution in [0.1, 0.15) is 22.3 Å². The lowest BCUT2D eigenvalue weighted by Crippen LogP contribution is -2.24. The van der Waals surface area contributed by atoms with Crippen LogP contribution in [-0.4, -0.2) is 12.3 Å². The van der Waals surface area contributed by atoms with Gasteiger partial charge in [-0.15, -0.1) is 0 Å². The molecule has 0 fully saturated rings. The van der Waals surface area contributed by atoms with E-state index >= 15 is 0 Å². The first kappa shape index (κ1) is 10.9. The Balaban J connectivity index is 2.95. The molecule has 2 nitrogen and oxygen atoms in total. The molecule has 75 valence electrons. The maximum Gasteiger partial charge on any atom is 0.217 e. The lowest BCUT2D eigenvalue weighted by molar-refractivity contribution is 0.541. The summed E-state index contributed by atoms with van der Waals surface area (Å²) in [5, 5.41) is 0. The Kier molecular flexibility index (Phi) is 3.42. The number of nitrogens with two attached hydrogens (primary N) is 1. The van der Waals surface area contributed by atoms with E-state index in [1.54, 1.807) is 6.29 Å². The van der Waals surface area contributed by atoms with Gasteiger partial charge in [0, 0.05) is 0 Å². The molecule has 1 rings (SSSR count). The fraction of sp³-hybridized carbons (Fsp3) is 0.417. The van der Waals surface area contributed by atoms with Crippen molar-refractivity contribution in [2.75, 3.05) is 0 Å². The Morgan fingerprint density at radius 1 is 1.29 bits per heavy atom. The van der Waals surface area contributed by atoms with Crippen LogP contribution in [0.2, 0.25) is 0 Å². The van der Waals surface area contributed by atoms with Gasteiger partial charge in [0.25, 0.3) is 0 Å². The molecule has 0 aromatic heterocycles. The van der Waals surface area contributed by atoms with Crippen molar-refractivity contribution in [1.82, 2.24) is 0 Å². The summed E-state index contributed by atoms with van der Waals surface area (Å²) in [5.41, 5.74) is 10.4. The SMILES string of the molecule is Cc1cc(CC(N)[C]=O)cc(C)c1C. The lowest BCUT2D eigenvalue weighted by Gasteiger charge is -2.09. The first-order valence-electron chi connectivity index (χ1n) is 4.74. The van der Waals surface area contributed by atoms with E-state index < -0.39 is 6.04 Å². The van der Waals surface area contributed by atoms with Gasteiger partial charge < -0.3 is 5.73 Å². The molecule has 14 heavy (non-hydrogen) atoms. The quantitative estimate of drug-likeness (QED) is 0.786. The molecule has 0 aliphatic carbocycles. The number of rotatable bonds is 3. The summed E-state index contributed by atoms with van der Waals surface area (Å²) in [6.45, 7) is 6.24. The molecular formula is C12H16NO. The van der Waals surface area contributed by atoms with Crippen LogP contribution in [0.5, 0.6) is 0 Å². The minimum Gasteiger partial charge on any atom is -0.321 e. The van der Waals surface area contributed by atoms with Crippen LogP contribution in [0.15, 0.2) is 12.1 Å². The molecule has 0 spiro atoms. The summed E-state index contributed by atoms with van der Waals surface area (Å²) in [7, 11) is 0. The normalized spacial score (nSPS) is 12.6. The van der Waals surface area contributed by atoms with E-state index in [4.69, 9.17) is 5.73 Å². The second-order valence-corrected chi connectivity index (χ2v) is 3.78. The van der Waals surface area contributed by atoms with Gasteiger partial charge in [0.1, 0.15) is 0 Å². The van der Waals surface area contributed by atoms with Crippen LogP contribution in [-0.2, 0) is 11.2 Å². The van der Waals surface area contributed by atoms with Gasteiger partial charge in [-0.1, -0.05) is 12.1 Å². The van der Waals surface area contributed by atoms with Gasteiger partial charge in [0.15, 0.2) is 0 Å². The van der Waals surface area contributed by atoms with E-state index in [1.807, 2.05) is 0 Å². The summed E-state index contributed by atoms with van der Waals surface area (Å²) in [4.78, 5) is 10.3. The van der Waals surface area contributed by atoms with Crippen LogP contribution in [0.3, 0.4) is 0 Å². The van der Waals surface area contributed by atoms with E-state index in [0.717, 1.165) is 5.56 Å². The molecule has 0 bridgehead atoms. The molecular weight excluding hydrogens is 174 g/mol. The fourth-order valence-electron chi connectivity index (χ4n) is 1.54. The highest BCUT2D eigenvalue weighted by Gasteiger charge is 2.05. The molecule has 1 atom stereocenters. The third kappa shape index (κ3) is 2.42. The maximum absolute atomic E-state index is 10.3. The van der Waals surface area contributed by atoms with E-state index in [1.165, 1.54) is 16.7 Å². The van der Waals surface area contributed by atoms with Crippen molar-refractivity contribution < 1.29 is 4.79 Å². The average Bonchev–Trinajstić information content (AvgIpc) is 2.14. The Labute approximate surface area is 85.1 Å². The van der Waals surface area contributed by atoms with Crippen LogP contribution >= 0.6 is 0 Å². The average molecular weight is 190 g/mol. The molecule has 1 aromatic rings. The Morgan fingerprint density at radius 2 is 1.79 bits per heavy atom. The number of hydrogen-bond donors (Lipinski definition) is 1. The fourth-order valence-corrected chi connectivity index (χ4v) is 1.54. The predicted octanol–water partition coefficient (Wildman–Crippen LogP) is 1.59. The summed E-state index contributed by atoms with van der Waals surface area (Å²) < 4.78 is 0. The number of hydrogen-bond acceptors (Lipinski definition) is 2. The van der Waals surface area contributed by atoms with Crippen molar-refractivity contribution in [1.29, 1.82) is 0 Å². The van der Waals surface area contributed by atoms with E-state index in [2.05, 4.69) is 32.9 Å². The van der Waals surface area contributed by atoms with Crippen LogP contribution in [0.4, 0.5) is 0 Å². The molecule has 2 heteroatoms. The van der Waals surface area contributed by atoms with Gasteiger partial charge in [-0.05, 0) is 49.4 Å². The largest absolute Gasteiger partial charge is 0.321 e. The minimum atomic E-state index is -0.503. The molecule has 0 aliphatic heterocycles. The number of carbonyl (C=O) groups excluding carboxylic acids is 1. The third-order valence-corrected chi connectivity index (χ3v) is 2.59. The molecule has 0 saturated carbocycles. The highest BCUT2D eigenvalue weighted by atomic mass is 16.1. The first-order valence-corrected chi connectivity index (χ1v) is 4.74. The van der Waals surface area contributed by atoms with E-state index in [9.17, 15) is 4.79 Å². The molecule has 1 aromatic carbocycles. The van der Waals surface area contributed by atoms with Gasteiger partial charge in [-0.25, -0.2) is 0 Å². The third-order valence-electron chi connectivity index (χ3n) is 2.59. The molecule has 2 N–H and O–H groups in total. The molecule has 0 aliphatic rings. The van der Waals surface area contributed by atoms with Gasteiger partial charge >= 0.3 is 0 Å². The summed E-state index contributed by atoms with van der Waals surface area (Å²) in [6, 6.07) is 3.66. The maximum atomic E-state index is 10.3. The van der Waals surface area contributed by atoms with Crippen LogP contribution in [0, 0.1) is 20.8 Å². The van der Waals surface area contributed by atoms with Crippen molar-refractivity contribution in [3.63, 3.8) is 0 Å². The standard InChI is InChI=1S/C12H16NO/c1-8-4-11(6-12(13)7-14)5-9(2)10(8)3/h4-5,12H,6,13H2,1-3H3. The summed E-state index contributed by atoms with van der Waals surface area (Å²) in [5.74, 6) is 0. The van der Waals surface area contributed by atoms with Gasteiger partial charge in [-0.3, -0.25) is 4.79 Å². The van der Waals surface area contributed by atoms with Gasteiger partial charge in [0.2, 0.25) is 6.29 Å². The van der Waals surface area contributed by atoms with Crippen molar-refractivity contribution in [2.45, 2.75) is 33.2 Å².